The van der Waals surface area contributed by atoms with Crippen molar-refractivity contribution >= 4 is 15.9 Å². The van der Waals surface area contributed by atoms with Crippen LogP contribution in [0.15, 0.2) is 16.6 Å². The maximum absolute atomic E-state index is 9.32. The number of phenols is 1. The van der Waals surface area contributed by atoms with E-state index in [1.54, 1.807) is 6.07 Å². The average Bonchev–Trinajstić information content (AvgIpc) is 1.85. The first-order valence-electron chi connectivity index (χ1n) is 3.18. The number of ether oxygens (including phenoxy) is 1. The number of rotatable bonds is 1. The van der Waals surface area contributed by atoms with E-state index >= 15 is 0 Å². The summed E-state index contributed by atoms with van der Waals surface area (Å²) in [5.41, 5.74) is 0.916. The fourth-order valence-electron chi connectivity index (χ4n) is 0.978. The van der Waals surface area contributed by atoms with Gasteiger partial charge in [-0.05, 0) is 24.6 Å². The van der Waals surface area contributed by atoms with E-state index in [1.165, 1.54) is 7.11 Å². The Bertz CT molecular complexity index is 248. The van der Waals surface area contributed by atoms with E-state index in [9.17, 15) is 5.11 Å². The van der Waals surface area contributed by atoms with Gasteiger partial charge in [0.1, 0.15) is 0 Å². The van der Waals surface area contributed by atoms with Crippen LogP contribution >= 0.6 is 15.9 Å². The third-order valence-corrected chi connectivity index (χ3v) is 1.88. The standard InChI is InChI=1S/C8H9BrO2/c1-5-3-6(9)4-7(10)8(5)11-2/h3-4,10H,1-2H3. The van der Waals surface area contributed by atoms with Gasteiger partial charge in [-0.15, -0.1) is 0 Å². The van der Waals surface area contributed by atoms with Crippen LogP contribution in [0.25, 0.3) is 0 Å². The molecule has 1 aromatic rings. The van der Waals surface area contributed by atoms with Crippen molar-refractivity contribution in [1.82, 2.24) is 0 Å². The molecule has 60 valence electrons. The highest BCUT2D eigenvalue weighted by molar-refractivity contribution is 9.10. The highest BCUT2D eigenvalue weighted by atomic mass is 79.9. The lowest BCUT2D eigenvalue weighted by molar-refractivity contribution is 0.370. The summed E-state index contributed by atoms with van der Waals surface area (Å²) in [6.07, 6.45) is 0. The maximum atomic E-state index is 9.32. The summed E-state index contributed by atoms with van der Waals surface area (Å²) in [5, 5.41) is 9.32. The minimum absolute atomic E-state index is 0.166. The predicted octanol–water partition coefficient (Wildman–Crippen LogP) is 2.47. The molecule has 0 unspecified atom stereocenters. The van der Waals surface area contributed by atoms with Gasteiger partial charge in [-0.2, -0.15) is 0 Å². The number of benzene rings is 1. The molecule has 2 nitrogen and oxygen atoms in total. The average molecular weight is 217 g/mol. The molecule has 0 fully saturated rings. The van der Waals surface area contributed by atoms with E-state index in [4.69, 9.17) is 4.74 Å². The fourth-order valence-corrected chi connectivity index (χ4v) is 1.54. The molecular formula is C8H9BrO2. The van der Waals surface area contributed by atoms with Crippen LogP contribution in [0.2, 0.25) is 0 Å². The molecule has 0 saturated carbocycles. The number of halogens is 1. The fraction of sp³-hybridized carbons (Fsp3) is 0.250. The Hall–Kier alpha value is -0.700. The quantitative estimate of drug-likeness (QED) is 0.782. The van der Waals surface area contributed by atoms with Crippen molar-refractivity contribution in [3.63, 3.8) is 0 Å². The summed E-state index contributed by atoms with van der Waals surface area (Å²) in [4.78, 5) is 0. The molecule has 0 aromatic heterocycles. The van der Waals surface area contributed by atoms with Gasteiger partial charge < -0.3 is 9.84 Å². The van der Waals surface area contributed by atoms with Gasteiger partial charge in [0.15, 0.2) is 11.5 Å². The highest BCUT2D eigenvalue weighted by Crippen LogP contribution is 2.32. The van der Waals surface area contributed by atoms with Crippen LogP contribution < -0.4 is 4.74 Å². The van der Waals surface area contributed by atoms with Gasteiger partial charge in [-0.25, -0.2) is 0 Å². The second-order valence-electron chi connectivity index (χ2n) is 2.28. The van der Waals surface area contributed by atoms with E-state index < -0.39 is 0 Å². The van der Waals surface area contributed by atoms with Gasteiger partial charge in [-0.1, -0.05) is 15.9 Å². The van der Waals surface area contributed by atoms with Crippen molar-refractivity contribution in [3.8, 4) is 11.5 Å². The monoisotopic (exact) mass is 216 g/mol. The third kappa shape index (κ3) is 1.66. The summed E-state index contributed by atoms with van der Waals surface area (Å²) in [5.74, 6) is 0.701. The summed E-state index contributed by atoms with van der Waals surface area (Å²) < 4.78 is 5.81. The first-order valence-corrected chi connectivity index (χ1v) is 3.97. The molecule has 0 atom stereocenters. The zero-order valence-corrected chi connectivity index (χ0v) is 7.97. The number of methoxy groups -OCH3 is 1. The first-order chi connectivity index (χ1) is 5.15. The molecule has 0 radical (unpaired) electrons. The molecule has 0 spiro atoms. The Morgan fingerprint density at radius 3 is 2.55 bits per heavy atom. The molecule has 0 bridgehead atoms. The minimum Gasteiger partial charge on any atom is -0.504 e. The molecule has 0 aliphatic carbocycles. The van der Waals surface area contributed by atoms with E-state index in [0.29, 0.717) is 5.75 Å². The number of aryl methyl sites for hydroxylation is 1. The number of hydrogen-bond acceptors (Lipinski definition) is 2. The van der Waals surface area contributed by atoms with Crippen LogP contribution in [0, 0.1) is 6.92 Å². The van der Waals surface area contributed by atoms with E-state index in [2.05, 4.69) is 15.9 Å². The second-order valence-corrected chi connectivity index (χ2v) is 3.19. The highest BCUT2D eigenvalue weighted by Gasteiger charge is 2.05. The van der Waals surface area contributed by atoms with Crippen molar-refractivity contribution in [2.75, 3.05) is 7.11 Å². The van der Waals surface area contributed by atoms with Crippen LogP contribution in [0.1, 0.15) is 5.56 Å². The number of aromatic hydroxyl groups is 1. The molecule has 0 amide bonds. The second kappa shape index (κ2) is 3.13. The zero-order chi connectivity index (χ0) is 8.43. The summed E-state index contributed by atoms with van der Waals surface area (Å²) in [6.45, 7) is 1.88. The molecule has 1 N–H and O–H groups in total. The lowest BCUT2D eigenvalue weighted by Crippen LogP contribution is -1.87. The van der Waals surface area contributed by atoms with Gasteiger partial charge in [0.2, 0.25) is 0 Å². The van der Waals surface area contributed by atoms with Gasteiger partial charge in [0, 0.05) is 4.47 Å². The van der Waals surface area contributed by atoms with E-state index in [-0.39, 0.29) is 5.75 Å². The van der Waals surface area contributed by atoms with Crippen molar-refractivity contribution in [3.05, 3.63) is 22.2 Å². The van der Waals surface area contributed by atoms with Gasteiger partial charge in [-0.3, -0.25) is 0 Å². The molecule has 0 heterocycles. The lowest BCUT2D eigenvalue weighted by Gasteiger charge is -2.06. The zero-order valence-electron chi connectivity index (χ0n) is 6.39. The van der Waals surface area contributed by atoms with Crippen LogP contribution in [0.3, 0.4) is 0 Å². The molecule has 11 heavy (non-hydrogen) atoms. The van der Waals surface area contributed by atoms with Crippen LogP contribution in [0.5, 0.6) is 11.5 Å². The largest absolute Gasteiger partial charge is 0.504 e. The number of phenolic OH excluding ortho intramolecular Hbond substituents is 1. The molecule has 0 saturated heterocycles. The Morgan fingerprint density at radius 1 is 1.45 bits per heavy atom. The van der Waals surface area contributed by atoms with Gasteiger partial charge in [0.05, 0.1) is 7.11 Å². The Labute approximate surface area is 73.9 Å². The Kier molecular flexibility index (Phi) is 2.39. The molecule has 1 rings (SSSR count). The van der Waals surface area contributed by atoms with Gasteiger partial charge >= 0.3 is 0 Å². The topological polar surface area (TPSA) is 29.5 Å². The normalized spacial score (nSPS) is 9.73. The van der Waals surface area contributed by atoms with Crippen molar-refractivity contribution < 1.29 is 9.84 Å². The van der Waals surface area contributed by atoms with Crippen LogP contribution in [-0.4, -0.2) is 12.2 Å². The van der Waals surface area contributed by atoms with Crippen molar-refractivity contribution in [2.45, 2.75) is 6.92 Å². The van der Waals surface area contributed by atoms with E-state index in [1.807, 2.05) is 13.0 Å². The van der Waals surface area contributed by atoms with Crippen molar-refractivity contribution in [2.24, 2.45) is 0 Å². The first kappa shape index (κ1) is 8.40. The summed E-state index contributed by atoms with van der Waals surface area (Å²) >= 11 is 3.26. The predicted molar refractivity (Wildman–Crippen MR) is 47.1 cm³/mol. The summed E-state index contributed by atoms with van der Waals surface area (Å²) in [6, 6.07) is 3.49. The number of hydrogen-bond donors (Lipinski definition) is 1. The lowest BCUT2D eigenvalue weighted by atomic mass is 10.2. The van der Waals surface area contributed by atoms with E-state index in [0.717, 1.165) is 10.0 Å². The summed E-state index contributed by atoms with van der Waals surface area (Å²) in [7, 11) is 1.54. The molecule has 0 aliphatic heterocycles. The Morgan fingerprint density at radius 2 is 2.09 bits per heavy atom. The van der Waals surface area contributed by atoms with Gasteiger partial charge in [0.25, 0.3) is 0 Å². The maximum Gasteiger partial charge on any atom is 0.163 e. The SMILES string of the molecule is COc1c(C)cc(Br)cc1O. The van der Waals surface area contributed by atoms with Crippen molar-refractivity contribution in [1.29, 1.82) is 0 Å². The Balaban J connectivity index is 3.25. The molecule has 0 aliphatic rings. The third-order valence-electron chi connectivity index (χ3n) is 1.42. The van der Waals surface area contributed by atoms with Crippen LogP contribution in [0.4, 0.5) is 0 Å². The molecular weight excluding hydrogens is 208 g/mol. The van der Waals surface area contributed by atoms with Crippen LogP contribution in [-0.2, 0) is 0 Å². The molecule has 1 aromatic carbocycles. The smallest absolute Gasteiger partial charge is 0.163 e. The molecule has 3 heteroatoms. The minimum atomic E-state index is 0.166.